The van der Waals surface area contributed by atoms with E-state index in [0.717, 1.165) is 11.3 Å². The van der Waals surface area contributed by atoms with Gasteiger partial charge in [-0.3, -0.25) is 0 Å². The Morgan fingerprint density at radius 2 is 1.86 bits per heavy atom. The summed E-state index contributed by atoms with van der Waals surface area (Å²) >= 11 is 0. The maximum atomic E-state index is 4.77. The first kappa shape index (κ1) is 15.3. The lowest BCUT2D eigenvalue weighted by atomic mass is 9.66. The van der Waals surface area contributed by atoms with Gasteiger partial charge in [0.15, 0.2) is 0 Å². The van der Waals surface area contributed by atoms with Crippen LogP contribution in [-0.2, 0) is 0 Å². The van der Waals surface area contributed by atoms with Crippen molar-refractivity contribution in [1.82, 2.24) is 9.55 Å². The molecule has 0 saturated heterocycles. The van der Waals surface area contributed by atoms with Gasteiger partial charge in [0.05, 0.1) is 11.0 Å². The van der Waals surface area contributed by atoms with Crippen LogP contribution in [0.1, 0.15) is 46.9 Å². The molecule has 1 unspecified atom stereocenters. The van der Waals surface area contributed by atoms with Crippen molar-refractivity contribution in [2.45, 2.75) is 48.0 Å². The largest absolute Gasteiger partial charge is 0.300 e. The lowest BCUT2D eigenvalue weighted by molar-refractivity contribution is 0.153. The standard InChI is InChI=1S/C20H28N2/c1-13(2)16-11-12-19(20(16,6)14(3)4)22-15(5)21-17-9-7-8-10-18(17)22/h7-10,12-14,16H,11H2,1-6H3/t16?,20-/m0/s1. The van der Waals surface area contributed by atoms with Crippen LogP contribution in [0.4, 0.5) is 0 Å². The number of imidazole rings is 1. The van der Waals surface area contributed by atoms with Crippen LogP contribution < -0.4 is 0 Å². The molecule has 0 saturated carbocycles. The highest BCUT2D eigenvalue weighted by Crippen LogP contribution is 2.54. The van der Waals surface area contributed by atoms with Crippen molar-refractivity contribution in [1.29, 1.82) is 0 Å². The molecule has 1 heterocycles. The van der Waals surface area contributed by atoms with Crippen molar-refractivity contribution in [2.75, 3.05) is 0 Å². The molecular formula is C20H28N2. The van der Waals surface area contributed by atoms with Gasteiger partial charge in [-0.15, -0.1) is 0 Å². The first-order valence-corrected chi connectivity index (χ1v) is 8.52. The predicted molar refractivity (Wildman–Crippen MR) is 94.6 cm³/mol. The fraction of sp³-hybridized carbons (Fsp3) is 0.550. The molecule has 1 aromatic carbocycles. The van der Waals surface area contributed by atoms with E-state index in [2.05, 4.69) is 76.5 Å². The van der Waals surface area contributed by atoms with Crippen LogP contribution in [0.25, 0.3) is 16.7 Å². The van der Waals surface area contributed by atoms with Gasteiger partial charge in [0.25, 0.3) is 0 Å². The maximum absolute atomic E-state index is 4.77. The molecule has 3 rings (SSSR count). The molecule has 1 aliphatic rings. The first-order valence-electron chi connectivity index (χ1n) is 8.52. The average molecular weight is 296 g/mol. The lowest BCUT2D eigenvalue weighted by Gasteiger charge is -2.41. The van der Waals surface area contributed by atoms with Crippen molar-refractivity contribution in [3.8, 4) is 0 Å². The number of para-hydroxylation sites is 2. The zero-order valence-corrected chi connectivity index (χ0v) is 14.7. The van der Waals surface area contributed by atoms with Gasteiger partial charge in [-0.25, -0.2) is 4.98 Å². The number of hydrogen-bond acceptors (Lipinski definition) is 1. The van der Waals surface area contributed by atoms with Crippen molar-refractivity contribution in [3.05, 3.63) is 36.2 Å². The van der Waals surface area contributed by atoms with Gasteiger partial charge >= 0.3 is 0 Å². The summed E-state index contributed by atoms with van der Waals surface area (Å²) in [7, 11) is 0. The van der Waals surface area contributed by atoms with Gasteiger partial charge in [0.2, 0.25) is 0 Å². The molecule has 0 N–H and O–H groups in total. The van der Waals surface area contributed by atoms with E-state index in [-0.39, 0.29) is 5.41 Å². The van der Waals surface area contributed by atoms with Gasteiger partial charge in [0, 0.05) is 11.1 Å². The van der Waals surface area contributed by atoms with Gasteiger partial charge in [-0.1, -0.05) is 52.8 Å². The predicted octanol–water partition coefficient (Wildman–Crippen LogP) is 5.52. The summed E-state index contributed by atoms with van der Waals surface area (Å²) < 4.78 is 2.40. The zero-order chi connectivity index (χ0) is 16.1. The van der Waals surface area contributed by atoms with Crippen LogP contribution in [0.2, 0.25) is 0 Å². The van der Waals surface area contributed by atoms with E-state index in [0.29, 0.717) is 17.8 Å². The highest BCUT2D eigenvalue weighted by molar-refractivity contribution is 5.81. The monoisotopic (exact) mass is 296 g/mol. The Labute approximate surface area is 134 Å². The number of fused-ring (bicyclic) bond motifs is 1. The molecule has 22 heavy (non-hydrogen) atoms. The Hall–Kier alpha value is -1.57. The number of allylic oxidation sites excluding steroid dienone is 2. The minimum atomic E-state index is 0.197. The Morgan fingerprint density at radius 3 is 2.50 bits per heavy atom. The zero-order valence-electron chi connectivity index (χ0n) is 14.7. The van der Waals surface area contributed by atoms with Gasteiger partial charge in [-0.2, -0.15) is 0 Å². The van der Waals surface area contributed by atoms with Crippen LogP contribution in [0.5, 0.6) is 0 Å². The van der Waals surface area contributed by atoms with Gasteiger partial charge < -0.3 is 4.57 Å². The number of aromatic nitrogens is 2. The minimum Gasteiger partial charge on any atom is -0.300 e. The molecule has 2 nitrogen and oxygen atoms in total. The molecule has 2 aromatic rings. The average Bonchev–Trinajstić information content (AvgIpc) is 2.96. The second-order valence-electron chi connectivity index (χ2n) is 7.60. The van der Waals surface area contributed by atoms with Crippen molar-refractivity contribution >= 4 is 16.7 Å². The Morgan fingerprint density at radius 1 is 1.18 bits per heavy atom. The van der Waals surface area contributed by atoms with Crippen molar-refractivity contribution in [2.24, 2.45) is 23.2 Å². The number of hydrogen-bond donors (Lipinski definition) is 0. The number of aryl methyl sites for hydroxylation is 1. The smallest absolute Gasteiger partial charge is 0.111 e. The quantitative estimate of drug-likeness (QED) is 0.728. The van der Waals surface area contributed by atoms with Crippen LogP contribution >= 0.6 is 0 Å². The van der Waals surface area contributed by atoms with E-state index in [1.165, 1.54) is 17.6 Å². The second-order valence-corrected chi connectivity index (χ2v) is 7.60. The Bertz CT molecular complexity index is 720. The summed E-state index contributed by atoms with van der Waals surface area (Å²) in [5.41, 5.74) is 3.98. The molecule has 118 valence electrons. The Balaban J connectivity index is 2.20. The Kier molecular flexibility index (Phi) is 3.66. The maximum Gasteiger partial charge on any atom is 0.111 e. The molecule has 0 aliphatic heterocycles. The molecule has 1 aliphatic carbocycles. The normalized spacial score (nSPS) is 25.5. The van der Waals surface area contributed by atoms with E-state index in [4.69, 9.17) is 4.98 Å². The van der Waals surface area contributed by atoms with Crippen LogP contribution in [-0.4, -0.2) is 9.55 Å². The molecule has 0 spiro atoms. The van der Waals surface area contributed by atoms with Crippen LogP contribution in [0.15, 0.2) is 30.3 Å². The SMILES string of the molecule is Cc1nc2ccccc2n1C1=CCC(C(C)C)[C@]1(C)C(C)C. The molecule has 0 amide bonds. The van der Waals surface area contributed by atoms with E-state index in [1.54, 1.807) is 0 Å². The lowest BCUT2D eigenvalue weighted by Crippen LogP contribution is -2.35. The molecule has 1 aromatic heterocycles. The number of rotatable bonds is 3. The van der Waals surface area contributed by atoms with Crippen molar-refractivity contribution < 1.29 is 0 Å². The summed E-state index contributed by atoms with van der Waals surface area (Å²) in [5.74, 6) is 3.09. The molecule has 0 radical (unpaired) electrons. The second kappa shape index (κ2) is 5.26. The third-order valence-corrected chi connectivity index (χ3v) is 5.86. The molecule has 2 heteroatoms. The topological polar surface area (TPSA) is 17.8 Å². The molecule has 0 bridgehead atoms. The fourth-order valence-corrected chi connectivity index (χ4v) is 4.36. The van der Waals surface area contributed by atoms with Crippen LogP contribution in [0, 0.1) is 30.1 Å². The summed E-state index contributed by atoms with van der Waals surface area (Å²) in [6, 6.07) is 8.49. The summed E-state index contributed by atoms with van der Waals surface area (Å²) in [5, 5.41) is 0. The van der Waals surface area contributed by atoms with Gasteiger partial charge in [-0.05, 0) is 43.2 Å². The van der Waals surface area contributed by atoms with E-state index in [9.17, 15) is 0 Å². The van der Waals surface area contributed by atoms with Crippen LogP contribution in [0.3, 0.4) is 0 Å². The fourth-order valence-electron chi connectivity index (χ4n) is 4.36. The minimum absolute atomic E-state index is 0.197. The van der Waals surface area contributed by atoms with Crippen molar-refractivity contribution in [3.63, 3.8) is 0 Å². The third-order valence-electron chi connectivity index (χ3n) is 5.86. The number of benzene rings is 1. The molecular weight excluding hydrogens is 268 g/mol. The highest BCUT2D eigenvalue weighted by atomic mass is 15.1. The van der Waals surface area contributed by atoms with E-state index < -0.39 is 0 Å². The van der Waals surface area contributed by atoms with E-state index >= 15 is 0 Å². The number of nitrogens with zero attached hydrogens (tertiary/aromatic N) is 2. The molecule has 2 atom stereocenters. The molecule has 0 fully saturated rings. The summed E-state index contributed by atoms with van der Waals surface area (Å²) in [6.45, 7) is 14.0. The highest BCUT2D eigenvalue weighted by Gasteiger charge is 2.46. The van der Waals surface area contributed by atoms with Gasteiger partial charge in [0.1, 0.15) is 5.82 Å². The summed E-state index contributed by atoms with van der Waals surface area (Å²) in [4.78, 5) is 4.77. The third kappa shape index (κ3) is 2.04. The first-order chi connectivity index (χ1) is 10.4. The summed E-state index contributed by atoms with van der Waals surface area (Å²) in [6.07, 6.45) is 3.64. The van der Waals surface area contributed by atoms with E-state index in [1.807, 2.05) is 0 Å².